The Hall–Kier alpha value is -3.31. The van der Waals surface area contributed by atoms with E-state index in [-0.39, 0.29) is 23.7 Å². The van der Waals surface area contributed by atoms with Crippen molar-refractivity contribution in [2.24, 2.45) is 0 Å². The van der Waals surface area contributed by atoms with Gasteiger partial charge in [0.15, 0.2) is 11.6 Å². The molecule has 0 atom stereocenters. The number of carbonyl (C=O) groups is 2. The van der Waals surface area contributed by atoms with Crippen LogP contribution in [-0.4, -0.2) is 57.4 Å². The summed E-state index contributed by atoms with van der Waals surface area (Å²) in [6, 6.07) is 3.13. The maximum atomic E-state index is 13.5. The molecule has 1 N–H and O–H groups in total. The van der Waals surface area contributed by atoms with Gasteiger partial charge in [-0.1, -0.05) is 0 Å². The Bertz CT molecular complexity index is 1160. The molecular formula is C21H19F2N5O3S. The van der Waals surface area contributed by atoms with Gasteiger partial charge in [0.1, 0.15) is 5.69 Å². The summed E-state index contributed by atoms with van der Waals surface area (Å²) in [5, 5.41) is 2.56. The zero-order chi connectivity index (χ0) is 22.7. The molecule has 3 aromatic rings. The van der Waals surface area contributed by atoms with Gasteiger partial charge in [0.25, 0.3) is 11.8 Å². The minimum Gasteiger partial charge on any atom is -0.378 e. The largest absolute Gasteiger partial charge is 0.378 e. The molecule has 1 fully saturated rings. The van der Waals surface area contributed by atoms with Crippen LogP contribution in [0.15, 0.2) is 30.6 Å². The highest BCUT2D eigenvalue weighted by molar-refractivity contribution is 7.06. The van der Waals surface area contributed by atoms with E-state index in [9.17, 15) is 18.4 Å². The second-order valence-corrected chi connectivity index (χ2v) is 7.98. The summed E-state index contributed by atoms with van der Waals surface area (Å²) in [7, 11) is 0. The van der Waals surface area contributed by atoms with E-state index in [0.717, 1.165) is 23.7 Å². The fraction of sp³-hybridized carbons (Fsp3) is 0.286. The maximum absolute atomic E-state index is 13.5. The number of nitrogens with zero attached hydrogens (tertiary/aromatic N) is 4. The number of halogens is 2. The average Bonchev–Trinajstić information content (AvgIpc) is 3.16. The van der Waals surface area contributed by atoms with Crippen molar-refractivity contribution in [3.05, 3.63) is 69.7 Å². The van der Waals surface area contributed by atoms with E-state index in [1.807, 2.05) is 0 Å². The quantitative estimate of drug-likeness (QED) is 0.630. The van der Waals surface area contributed by atoms with Crippen LogP contribution in [0.3, 0.4) is 0 Å². The van der Waals surface area contributed by atoms with E-state index in [4.69, 9.17) is 4.74 Å². The molecule has 0 aliphatic carbocycles. The smallest absolute Gasteiger partial charge is 0.274 e. The lowest BCUT2D eigenvalue weighted by molar-refractivity contribution is 0.0298. The Labute approximate surface area is 186 Å². The SMILES string of the molecule is Cc1nsc(Cc2cncc(C(=O)N3CCOCC3)n2)c1C(=O)Nc1ccc(F)c(F)c1. The fourth-order valence-corrected chi connectivity index (χ4v) is 4.17. The molecule has 0 radical (unpaired) electrons. The van der Waals surface area contributed by atoms with Gasteiger partial charge in [-0.25, -0.2) is 13.8 Å². The van der Waals surface area contributed by atoms with Gasteiger partial charge in [0, 0.05) is 42.3 Å². The van der Waals surface area contributed by atoms with Crippen molar-refractivity contribution in [1.82, 2.24) is 19.2 Å². The normalized spacial score (nSPS) is 13.8. The first-order chi connectivity index (χ1) is 15.4. The van der Waals surface area contributed by atoms with Crippen LogP contribution in [0.25, 0.3) is 0 Å². The Morgan fingerprint density at radius 2 is 1.97 bits per heavy atom. The highest BCUT2D eigenvalue weighted by atomic mass is 32.1. The molecule has 0 unspecified atom stereocenters. The number of aromatic nitrogens is 3. The van der Waals surface area contributed by atoms with Gasteiger partial charge in [-0.2, -0.15) is 4.37 Å². The van der Waals surface area contributed by atoms with Crippen molar-refractivity contribution in [3.63, 3.8) is 0 Å². The van der Waals surface area contributed by atoms with Gasteiger partial charge in [0.2, 0.25) is 0 Å². The number of hydrogen-bond donors (Lipinski definition) is 1. The van der Waals surface area contributed by atoms with E-state index in [2.05, 4.69) is 19.7 Å². The van der Waals surface area contributed by atoms with Crippen LogP contribution in [0, 0.1) is 18.6 Å². The van der Waals surface area contributed by atoms with Crippen LogP contribution >= 0.6 is 11.5 Å². The molecule has 32 heavy (non-hydrogen) atoms. The zero-order valence-electron chi connectivity index (χ0n) is 17.1. The predicted octanol–water partition coefficient (Wildman–Crippen LogP) is 2.84. The first-order valence-corrected chi connectivity index (χ1v) is 10.6. The third-order valence-electron chi connectivity index (χ3n) is 4.88. The number of benzene rings is 1. The molecule has 0 bridgehead atoms. The number of ether oxygens (including phenoxy) is 1. The number of morpholine rings is 1. The van der Waals surface area contributed by atoms with Gasteiger partial charge in [-0.15, -0.1) is 0 Å². The van der Waals surface area contributed by atoms with Gasteiger partial charge in [-0.3, -0.25) is 14.6 Å². The minimum atomic E-state index is -1.06. The average molecular weight is 459 g/mol. The summed E-state index contributed by atoms with van der Waals surface area (Å²) in [5.74, 6) is -2.77. The summed E-state index contributed by atoms with van der Waals surface area (Å²) < 4.78 is 36.1. The van der Waals surface area contributed by atoms with E-state index in [1.54, 1.807) is 11.8 Å². The molecule has 1 aliphatic rings. The van der Waals surface area contributed by atoms with E-state index < -0.39 is 17.5 Å². The van der Waals surface area contributed by atoms with E-state index in [0.29, 0.717) is 48.1 Å². The molecule has 3 heterocycles. The minimum absolute atomic E-state index is 0.128. The first-order valence-electron chi connectivity index (χ1n) is 9.82. The molecule has 1 aromatic carbocycles. The zero-order valence-corrected chi connectivity index (χ0v) is 17.9. The molecule has 2 aromatic heterocycles. The summed E-state index contributed by atoms with van der Waals surface area (Å²) in [6.45, 7) is 3.63. The van der Waals surface area contributed by atoms with Gasteiger partial charge in [-0.05, 0) is 30.6 Å². The summed E-state index contributed by atoms with van der Waals surface area (Å²) in [4.78, 5) is 36.3. The van der Waals surface area contributed by atoms with Crippen molar-refractivity contribution >= 4 is 29.0 Å². The number of nitrogens with one attached hydrogen (secondary N) is 1. The molecule has 11 heteroatoms. The standard InChI is InChI=1S/C21H19F2N5O3S/c1-12-19(20(29)26-13-2-3-15(22)16(23)8-13)18(32-27-12)9-14-10-24-11-17(25-14)21(30)28-4-6-31-7-5-28/h2-3,8,10-11H,4-7,9H2,1H3,(H,26,29). The number of carbonyl (C=O) groups excluding carboxylic acids is 2. The number of anilines is 1. The van der Waals surface area contributed by atoms with Gasteiger partial charge >= 0.3 is 0 Å². The van der Waals surface area contributed by atoms with Crippen molar-refractivity contribution in [3.8, 4) is 0 Å². The molecule has 0 spiro atoms. The Morgan fingerprint density at radius 3 is 2.72 bits per heavy atom. The lowest BCUT2D eigenvalue weighted by Crippen LogP contribution is -2.41. The van der Waals surface area contributed by atoms with E-state index in [1.165, 1.54) is 18.5 Å². The number of rotatable bonds is 5. The summed E-state index contributed by atoms with van der Waals surface area (Å²) in [5.41, 5.74) is 1.68. The number of amides is 2. The summed E-state index contributed by atoms with van der Waals surface area (Å²) >= 11 is 1.13. The van der Waals surface area contributed by atoms with Crippen molar-refractivity contribution in [1.29, 1.82) is 0 Å². The van der Waals surface area contributed by atoms with Crippen LogP contribution in [-0.2, 0) is 11.2 Å². The molecule has 166 valence electrons. The molecule has 8 nitrogen and oxygen atoms in total. The molecule has 0 saturated carbocycles. The lowest BCUT2D eigenvalue weighted by Gasteiger charge is -2.26. The molecule has 1 aliphatic heterocycles. The van der Waals surface area contributed by atoms with Crippen LogP contribution in [0.2, 0.25) is 0 Å². The fourth-order valence-electron chi connectivity index (χ4n) is 3.28. The number of aryl methyl sites for hydroxylation is 1. The maximum Gasteiger partial charge on any atom is 0.274 e. The molecule has 4 rings (SSSR count). The van der Waals surface area contributed by atoms with Crippen molar-refractivity contribution in [2.45, 2.75) is 13.3 Å². The second kappa shape index (κ2) is 9.45. The monoisotopic (exact) mass is 459 g/mol. The topological polar surface area (TPSA) is 97.3 Å². The van der Waals surface area contributed by atoms with Crippen molar-refractivity contribution < 1.29 is 23.1 Å². The third kappa shape index (κ3) is 4.78. The lowest BCUT2D eigenvalue weighted by atomic mass is 10.1. The van der Waals surface area contributed by atoms with Crippen LogP contribution in [0.5, 0.6) is 0 Å². The Balaban J connectivity index is 1.52. The Morgan fingerprint density at radius 1 is 1.19 bits per heavy atom. The first kappa shape index (κ1) is 21.9. The van der Waals surface area contributed by atoms with Gasteiger partial charge < -0.3 is 15.0 Å². The molecule has 2 amide bonds. The number of hydrogen-bond acceptors (Lipinski definition) is 7. The Kier molecular flexibility index (Phi) is 6.47. The van der Waals surface area contributed by atoms with Gasteiger partial charge in [0.05, 0.1) is 36.4 Å². The van der Waals surface area contributed by atoms with Crippen LogP contribution in [0.4, 0.5) is 14.5 Å². The second-order valence-electron chi connectivity index (χ2n) is 7.13. The van der Waals surface area contributed by atoms with E-state index >= 15 is 0 Å². The molecular weight excluding hydrogens is 440 g/mol. The predicted molar refractivity (Wildman–Crippen MR) is 113 cm³/mol. The van der Waals surface area contributed by atoms with Crippen LogP contribution in [0.1, 0.15) is 37.1 Å². The highest BCUT2D eigenvalue weighted by Gasteiger charge is 2.22. The third-order valence-corrected chi connectivity index (χ3v) is 5.82. The summed E-state index contributed by atoms with van der Waals surface area (Å²) in [6.07, 6.45) is 3.18. The highest BCUT2D eigenvalue weighted by Crippen LogP contribution is 2.23. The van der Waals surface area contributed by atoms with Crippen LogP contribution < -0.4 is 5.32 Å². The molecule has 1 saturated heterocycles. The van der Waals surface area contributed by atoms with Crippen molar-refractivity contribution in [2.75, 3.05) is 31.6 Å².